The molecule has 0 fully saturated rings. The van der Waals surface area contributed by atoms with Crippen LogP contribution >= 0.6 is 0 Å². The molecule has 0 unspecified atom stereocenters. The molecule has 24 heavy (non-hydrogen) atoms. The Morgan fingerprint density at radius 1 is 0.875 bits per heavy atom. The van der Waals surface area contributed by atoms with E-state index in [1.165, 1.54) is 0 Å². The van der Waals surface area contributed by atoms with E-state index in [9.17, 15) is 30.0 Å². The lowest BCUT2D eigenvalue weighted by Crippen LogP contribution is -2.54. The van der Waals surface area contributed by atoms with Gasteiger partial charge in [0.15, 0.2) is 12.2 Å². The van der Waals surface area contributed by atoms with E-state index in [0.29, 0.717) is 25.9 Å². The van der Waals surface area contributed by atoms with Crippen LogP contribution in [0.25, 0.3) is 0 Å². The normalized spacial score (nSPS) is 16.8. The quantitative estimate of drug-likeness (QED) is 0.277. The zero-order chi connectivity index (χ0) is 18.9. The molecule has 4 atom stereocenters. The molecule has 0 aliphatic heterocycles. The molecular weight excluding hydrogens is 316 g/mol. The second-order valence-corrected chi connectivity index (χ2v) is 7.12. The van der Waals surface area contributed by atoms with Gasteiger partial charge in [-0.15, -0.1) is 0 Å². The van der Waals surface area contributed by atoms with Crippen LogP contribution in [0.3, 0.4) is 0 Å². The number of amides is 2. The van der Waals surface area contributed by atoms with Gasteiger partial charge in [0.1, 0.15) is 12.2 Å². The highest BCUT2D eigenvalue weighted by Gasteiger charge is 2.37. The molecule has 0 aromatic rings. The number of hydrogen-bond acceptors (Lipinski definition) is 6. The van der Waals surface area contributed by atoms with Crippen LogP contribution in [-0.4, -0.2) is 69.7 Å². The third-order valence-electron chi connectivity index (χ3n) is 3.49. The van der Waals surface area contributed by atoms with Gasteiger partial charge in [-0.05, 0) is 24.7 Å². The van der Waals surface area contributed by atoms with Crippen LogP contribution in [0.15, 0.2) is 0 Å². The summed E-state index contributed by atoms with van der Waals surface area (Å²) in [5.41, 5.74) is 0.120. The minimum Gasteiger partial charge on any atom is -0.387 e. The molecule has 2 amide bonds. The maximum atomic E-state index is 11.8. The largest absolute Gasteiger partial charge is 0.387 e. The van der Waals surface area contributed by atoms with Crippen molar-refractivity contribution in [2.45, 2.75) is 71.4 Å². The van der Waals surface area contributed by atoms with Crippen LogP contribution in [0.5, 0.6) is 0 Å². The number of aliphatic hydroxyl groups excluding tert-OH is 4. The summed E-state index contributed by atoms with van der Waals surface area (Å²) in [6.45, 7) is 8.62. The summed E-state index contributed by atoms with van der Waals surface area (Å²) >= 11 is 0. The van der Waals surface area contributed by atoms with E-state index in [1.807, 2.05) is 6.92 Å². The van der Waals surface area contributed by atoms with Crippen LogP contribution < -0.4 is 10.6 Å². The lowest BCUT2D eigenvalue weighted by Gasteiger charge is -2.25. The molecule has 142 valence electrons. The highest BCUT2D eigenvalue weighted by molar-refractivity contribution is 5.83. The first-order chi connectivity index (χ1) is 11.0. The van der Waals surface area contributed by atoms with E-state index in [1.54, 1.807) is 0 Å². The molecule has 0 aromatic carbocycles. The fourth-order valence-electron chi connectivity index (χ4n) is 1.97. The Labute approximate surface area is 143 Å². The summed E-state index contributed by atoms with van der Waals surface area (Å²) in [5, 5.41) is 43.8. The Kier molecular flexibility index (Phi) is 10.1. The number of hydrogen-bond donors (Lipinski definition) is 6. The first-order valence-electron chi connectivity index (χ1n) is 8.29. The highest BCUT2D eigenvalue weighted by atomic mass is 16.4. The molecule has 0 bridgehead atoms. The molecule has 8 nitrogen and oxygen atoms in total. The minimum atomic E-state index is -1.98. The first kappa shape index (κ1) is 22.8. The van der Waals surface area contributed by atoms with Crippen LogP contribution in [0.2, 0.25) is 0 Å². The summed E-state index contributed by atoms with van der Waals surface area (Å²) in [4.78, 5) is 23.3. The molecule has 0 aromatic heterocycles. The van der Waals surface area contributed by atoms with Crippen LogP contribution in [0, 0.1) is 5.41 Å². The Hall–Kier alpha value is -1.22. The van der Waals surface area contributed by atoms with Gasteiger partial charge in [0, 0.05) is 13.1 Å². The highest BCUT2D eigenvalue weighted by Crippen LogP contribution is 2.19. The van der Waals surface area contributed by atoms with E-state index >= 15 is 0 Å². The van der Waals surface area contributed by atoms with Crippen molar-refractivity contribution in [3.63, 3.8) is 0 Å². The Balaban J connectivity index is 4.38. The Morgan fingerprint density at radius 3 is 1.67 bits per heavy atom. The third kappa shape index (κ3) is 8.58. The molecule has 0 rings (SSSR count). The summed E-state index contributed by atoms with van der Waals surface area (Å²) in [5.74, 6) is -1.74. The van der Waals surface area contributed by atoms with Gasteiger partial charge in [0.05, 0.1) is 0 Å². The topological polar surface area (TPSA) is 139 Å². The predicted molar refractivity (Wildman–Crippen MR) is 89.0 cm³/mol. The SMILES string of the molecule is CCCNC(=O)[C@H](O)[C@@H](O)[C@@H](O)[C@H](O)C(=O)NCCCC(C)(C)C. The van der Waals surface area contributed by atoms with Crippen molar-refractivity contribution in [1.29, 1.82) is 0 Å². The van der Waals surface area contributed by atoms with Gasteiger partial charge in [0.2, 0.25) is 0 Å². The fourth-order valence-corrected chi connectivity index (χ4v) is 1.97. The van der Waals surface area contributed by atoms with E-state index in [0.717, 1.165) is 6.42 Å². The minimum absolute atomic E-state index is 0.120. The second kappa shape index (κ2) is 10.6. The second-order valence-electron chi connectivity index (χ2n) is 7.12. The molecule has 0 saturated carbocycles. The van der Waals surface area contributed by atoms with Crippen LogP contribution in [0.1, 0.15) is 47.0 Å². The van der Waals surface area contributed by atoms with Gasteiger partial charge >= 0.3 is 0 Å². The zero-order valence-electron chi connectivity index (χ0n) is 15.0. The molecule has 0 radical (unpaired) electrons. The molecular formula is C16H32N2O6. The van der Waals surface area contributed by atoms with E-state index in [-0.39, 0.29) is 5.41 Å². The summed E-state index contributed by atoms with van der Waals surface area (Å²) in [6, 6.07) is 0. The number of aliphatic hydroxyl groups is 4. The average molecular weight is 348 g/mol. The lowest BCUT2D eigenvalue weighted by molar-refractivity contribution is -0.155. The molecule has 0 aliphatic rings. The van der Waals surface area contributed by atoms with Crippen molar-refractivity contribution in [2.75, 3.05) is 13.1 Å². The van der Waals surface area contributed by atoms with Gasteiger partial charge in [-0.3, -0.25) is 9.59 Å². The van der Waals surface area contributed by atoms with E-state index < -0.39 is 36.2 Å². The maximum absolute atomic E-state index is 11.8. The smallest absolute Gasteiger partial charge is 0.251 e. The molecule has 0 saturated heterocycles. The summed E-state index contributed by atoms with van der Waals surface area (Å²) < 4.78 is 0. The predicted octanol–water partition coefficient (Wildman–Crippen LogP) is -1.10. The first-order valence-corrected chi connectivity index (χ1v) is 8.29. The fraction of sp³-hybridized carbons (Fsp3) is 0.875. The number of nitrogens with one attached hydrogen (secondary N) is 2. The Morgan fingerprint density at radius 2 is 1.29 bits per heavy atom. The standard InChI is InChI=1S/C16H32N2O6/c1-5-8-17-14(23)12(21)10(19)11(20)13(22)15(24)18-9-6-7-16(2,3)4/h10-13,19-22H,5-9H2,1-4H3,(H,17,23)(H,18,24)/t10-,11+,12+,13-/m0/s1. The van der Waals surface area contributed by atoms with Crippen molar-refractivity contribution >= 4 is 11.8 Å². The van der Waals surface area contributed by atoms with Gasteiger partial charge in [-0.25, -0.2) is 0 Å². The van der Waals surface area contributed by atoms with Crippen LogP contribution in [0.4, 0.5) is 0 Å². The average Bonchev–Trinajstić information content (AvgIpc) is 2.52. The number of carbonyl (C=O) groups is 2. The summed E-state index contributed by atoms with van der Waals surface area (Å²) in [6.07, 6.45) is -5.63. The Bertz CT molecular complexity index is 397. The number of carbonyl (C=O) groups excluding carboxylic acids is 2. The van der Waals surface area contributed by atoms with E-state index in [4.69, 9.17) is 0 Å². The van der Waals surface area contributed by atoms with E-state index in [2.05, 4.69) is 31.4 Å². The van der Waals surface area contributed by atoms with Crippen molar-refractivity contribution in [2.24, 2.45) is 5.41 Å². The molecule has 8 heteroatoms. The van der Waals surface area contributed by atoms with Gasteiger partial charge < -0.3 is 31.1 Å². The molecule has 0 aliphatic carbocycles. The van der Waals surface area contributed by atoms with Crippen LogP contribution in [-0.2, 0) is 9.59 Å². The van der Waals surface area contributed by atoms with Gasteiger partial charge in [0.25, 0.3) is 11.8 Å². The maximum Gasteiger partial charge on any atom is 0.251 e. The third-order valence-corrected chi connectivity index (χ3v) is 3.49. The van der Waals surface area contributed by atoms with Gasteiger partial charge in [-0.1, -0.05) is 27.7 Å². The zero-order valence-corrected chi connectivity index (χ0v) is 15.0. The van der Waals surface area contributed by atoms with Crippen molar-refractivity contribution in [1.82, 2.24) is 10.6 Å². The molecule has 0 heterocycles. The molecule has 6 N–H and O–H groups in total. The van der Waals surface area contributed by atoms with Crippen molar-refractivity contribution < 1.29 is 30.0 Å². The summed E-state index contributed by atoms with van der Waals surface area (Å²) in [7, 11) is 0. The molecule has 0 spiro atoms. The van der Waals surface area contributed by atoms with Gasteiger partial charge in [-0.2, -0.15) is 0 Å². The monoisotopic (exact) mass is 348 g/mol. The van der Waals surface area contributed by atoms with Crippen molar-refractivity contribution in [3.05, 3.63) is 0 Å². The number of rotatable bonds is 10. The lowest BCUT2D eigenvalue weighted by atomic mass is 9.90. The van der Waals surface area contributed by atoms with Crippen molar-refractivity contribution in [3.8, 4) is 0 Å².